The van der Waals surface area contributed by atoms with Crippen molar-refractivity contribution < 1.29 is 13.9 Å². The molecule has 0 aliphatic carbocycles. The number of nitrogens with zero attached hydrogens (tertiary/aromatic N) is 3. The average Bonchev–Trinajstić information content (AvgIpc) is 3.00. The second-order valence-corrected chi connectivity index (χ2v) is 4.75. The van der Waals surface area contributed by atoms with E-state index in [1.54, 1.807) is 29.4 Å². The Morgan fingerprint density at radius 3 is 2.90 bits per heavy atom. The molecule has 0 spiro atoms. The zero-order chi connectivity index (χ0) is 15.2. The Hall–Kier alpha value is -2.37. The van der Waals surface area contributed by atoms with Crippen LogP contribution < -0.4 is 4.90 Å². The Kier molecular flexibility index (Phi) is 4.92. The smallest absolute Gasteiger partial charge is 0.293 e. The maximum absolute atomic E-state index is 14.2. The summed E-state index contributed by atoms with van der Waals surface area (Å²) in [4.78, 5) is 16.2. The first kappa shape index (κ1) is 15.0. The Labute approximate surface area is 123 Å². The summed E-state index contributed by atoms with van der Waals surface area (Å²) in [6.07, 6.45) is 5.34. The van der Waals surface area contributed by atoms with E-state index in [1.165, 1.54) is 6.07 Å². The van der Waals surface area contributed by atoms with E-state index in [-0.39, 0.29) is 11.9 Å². The molecule has 0 aliphatic heterocycles. The fraction of sp³-hybridized carbons (Fsp3) is 0.333. The zero-order valence-electron chi connectivity index (χ0n) is 12.1. The molecule has 6 heteroatoms. The van der Waals surface area contributed by atoms with Gasteiger partial charge in [-0.25, -0.2) is 9.37 Å². The van der Waals surface area contributed by atoms with Crippen LogP contribution in [0, 0.1) is 5.82 Å². The van der Waals surface area contributed by atoms with Crippen molar-refractivity contribution in [3.63, 3.8) is 0 Å². The minimum absolute atomic E-state index is 0.205. The fourth-order valence-corrected chi connectivity index (χ4v) is 2.10. The number of hydrogen-bond acceptors (Lipinski definition) is 4. The van der Waals surface area contributed by atoms with Crippen LogP contribution in [-0.4, -0.2) is 35.7 Å². The molecular formula is C15H18FN3O2. The molecule has 0 radical (unpaired) electrons. The third-order valence-corrected chi connectivity index (χ3v) is 3.34. The quantitative estimate of drug-likeness (QED) is 0.735. The number of halogens is 1. The summed E-state index contributed by atoms with van der Waals surface area (Å²) in [5.41, 5.74) is 1.17. The number of likely N-dealkylation sites (N-methyl/N-ethyl adjacent to an activating group) is 1. The van der Waals surface area contributed by atoms with E-state index >= 15 is 0 Å². The van der Waals surface area contributed by atoms with E-state index in [0.29, 0.717) is 25.1 Å². The second kappa shape index (κ2) is 6.88. The number of benzene rings is 1. The van der Waals surface area contributed by atoms with Crippen molar-refractivity contribution in [1.29, 1.82) is 0 Å². The van der Waals surface area contributed by atoms with Crippen LogP contribution in [0.1, 0.15) is 13.3 Å². The van der Waals surface area contributed by atoms with E-state index in [1.807, 2.05) is 24.9 Å². The van der Waals surface area contributed by atoms with Gasteiger partial charge in [0.15, 0.2) is 0 Å². The maximum Gasteiger partial charge on any atom is 0.293 e. The van der Waals surface area contributed by atoms with E-state index < -0.39 is 0 Å². The molecule has 1 aromatic carbocycles. The lowest BCUT2D eigenvalue weighted by Gasteiger charge is -2.24. The summed E-state index contributed by atoms with van der Waals surface area (Å²) < 4.78 is 20.8. The largest absolute Gasteiger partial charge is 0.463 e. The molecule has 0 amide bonds. The Balaban J connectivity index is 2.14. The first-order valence-electron chi connectivity index (χ1n) is 6.73. The third-order valence-electron chi connectivity index (χ3n) is 3.34. The lowest BCUT2D eigenvalue weighted by Crippen LogP contribution is -2.30. The van der Waals surface area contributed by atoms with Crippen LogP contribution in [0.25, 0.3) is 5.69 Å². The van der Waals surface area contributed by atoms with Crippen molar-refractivity contribution in [1.82, 2.24) is 9.55 Å². The number of imidazole rings is 1. The predicted octanol–water partition coefficient (Wildman–Crippen LogP) is 2.40. The van der Waals surface area contributed by atoms with Crippen LogP contribution in [0.5, 0.6) is 0 Å². The number of anilines is 1. The van der Waals surface area contributed by atoms with Gasteiger partial charge in [0.05, 0.1) is 18.6 Å². The van der Waals surface area contributed by atoms with Crippen LogP contribution in [-0.2, 0) is 9.53 Å². The van der Waals surface area contributed by atoms with Crippen molar-refractivity contribution in [3.8, 4) is 5.69 Å². The summed E-state index contributed by atoms with van der Waals surface area (Å²) in [5.74, 6) is -0.332. The molecule has 0 N–H and O–H groups in total. The highest BCUT2D eigenvalue weighted by Gasteiger charge is 2.13. The highest BCUT2D eigenvalue weighted by molar-refractivity contribution is 5.51. The molecule has 1 heterocycles. The summed E-state index contributed by atoms with van der Waals surface area (Å²) in [7, 11) is 1.84. The first-order valence-corrected chi connectivity index (χ1v) is 6.73. The first-order chi connectivity index (χ1) is 10.2. The number of ether oxygens (including phenoxy) is 1. The van der Waals surface area contributed by atoms with Crippen LogP contribution in [0.2, 0.25) is 0 Å². The number of aromatic nitrogens is 2. The van der Waals surface area contributed by atoms with E-state index in [0.717, 1.165) is 5.69 Å². The van der Waals surface area contributed by atoms with Crippen molar-refractivity contribution in [2.75, 3.05) is 18.5 Å². The van der Waals surface area contributed by atoms with Gasteiger partial charge in [-0.05, 0) is 24.6 Å². The lowest BCUT2D eigenvalue weighted by molar-refractivity contribution is -0.133. The molecule has 112 valence electrons. The summed E-state index contributed by atoms with van der Waals surface area (Å²) >= 11 is 0. The van der Waals surface area contributed by atoms with Gasteiger partial charge < -0.3 is 14.2 Å². The summed E-state index contributed by atoms with van der Waals surface area (Å²) in [6, 6.07) is 4.99. The Morgan fingerprint density at radius 1 is 1.52 bits per heavy atom. The van der Waals surface area contributed by atoms with Gasteiger partial charge in [0.2, 0.25) is 0 Å². The summed E-state index contributed by atoms with van der Waals surface area (Å²) in [6.45, 7) is 2.90. The molecule has 0 bridgehead atoms. The maximum atomic E-state index is 14.2. The highest BCUT2D eigenvalue weighted by atomic mass is 19.1. The molecule has 0 aliphatic rings. The Bertz CT molecular complexity index is 587. The normalized spacial score (nSPS) is 12.0. The standard InChI is InChI=1S/C15H18FN3O2/c1-3-13(21-11-20)9-18(2)12-4-5-15(14(16)8-12)19-7-6-17-10-19/h4-8,10-11,13H,3,9H2,1-2H3/t13-/m0/s1. The molecule has 0 saturated carbocycles. The molecule has 0 unspecified atom stereocenters. The second-order valence-electron chi connectivity index (χ2n) is 4.75. The molecule has 2 rings (SSSR count). The van der Waals surface area contributed by atoms with E-state index in [4.69, 9.17) is 4.74 Å². The van der Waals surface area contributed by atoms with Crippen LogP contribution in [0.15, 0.2) is 36.9 Å². The van der Waals surface area contributed by atoms with Crippen LogP contribution in [0.4, 0.5) is 10.1 Å². The number of carbonyl (C=O) groups is 1. The summed E-state index contributed by atoms with van der Waals surface area (Å²) in [5, 5.41) is 0. The number of carbonyl (C=O) groups excluding carboxylic acids is 1. The molecule has 21 heavy (non-hydrogen) atoms. The predicted molar refractivity (Wildman–Crippen MR) is 78.0 cm³/mol. The average molecular weight is 291 g/mol. The Morgan fingerprint density at radius 2 is 2.33 bits per heavy atom. The van der Waals surface area contributed by atoms with Gasteiger partial charge in [-0.2, -0.15) is 0 Å². The van der Waals surface area contributed by atoms with Gasteiger partial charge >= 0.3 is 0 Å². The molecule has 1 aromatic heterocycles. The minimum Gasteiger partial charge on any atom is -0.463 e. The van der Waals surface area contributed by atoms with Gasteiger partial charge in [-0.15, -0.1) is 0 Å². The topological polar surface area (TPSA) is 47.4 Å². The molecule has 0 fully saturated rings. The molecule has 1 atom stereocenters. The van der Waals surface area contributed by atoms with Gasteiger partial charge in [0, 0.05) is 25.1 Å². The van der Waals surface area contributed by atoms with Crippen LogP contribution in [0.3, 0.4) is 0 Å². The van der Waals surface area contributed by atoms with Crippen molar-refractivity contribution in [2.24, 2.45) is 0 Å². The van der Waals surface area contributed by atoms with E-state index in [2.05, 4.69) is 4.98 Å². The minimum atomic E-state index is -0.332. The van der Waals surface area contributed by atoms with Gasteiger partial charge in [-0.1, -0.05) is 6.92 Å². The fourth-order valence-electron chi connectivity index (χ4n) is 2.10. The zero-order valence-corrected chi connectivity index (χ0v) is 12.1. The van der Waals surface area contributed by atoms with Gasteiger partial charge in [0.1, 0.15) is 11.9 Å². The van der Waals surface area contributed by atoms with Crippen molar-refractivity contribution >= 4 is 12.2 Å². The molecular weight excluding hydrogens is 273 g/mol. The van der Waals surface area contributed by atoms with Crippen LogP contribution >= 0.6 is 0 Å². The lowest BCUT2D eigenvalue weighted by atomic mass is 10.2. The SMILES string of the molecule is CC[C@@H](CN(C)c1ccc(-n2ccnc2)c(F)c1)OC=O. The molecule has 2 aromatic rings. The van der Waals surface area contributed by atoms with E-state index in [9.17, 15) is 9.18 Å². The van der Waals surface area contributed by atoms with Gasteiger partial charge in [-0.3, -0.25) is 4.79 Å². The molecule has 0 saturated heterocycles. The monoisotopic (exact) mass is 291 g/mol. The third kappa shape index (κ3) is 3.59. The van der Waals surface area contributed by atoms with Crippen molar-refractivity contribution in [2.45, 2.75) is 19.4 Å². The van der Waals surface area contributed by atoms with Gasteiger partial charge in [0.25, 0.3) is 6.47 Å². The number of rotatable bonds is 7. The number of hydrogen-bond donors (Lipinski definition) is 0. The molecule has 5 nitrogen and oxygen atoms in total. The highest BCUT2D eigenvalue weighted by Crippen LogP contribution is 2.21. The van der Waals surface area contributed by atoms with Crippen molar-refractivity contribution in [3.05, 3.63) is 42.7 Å².